The molecule has 0 saturated heterocycles. The molecule has 0 amide bonds. The molecule has 1 atom stereocenters. The standard InChI is InChI=1S/C37H64O4/c1-3-5-7-9-11-13-15-16-17-18-20-23-27-31-35(32-28-24-22-25-29-33-36(38)39)41-37(40)34-30-26-21-19-14-12-10-8-6-4-2/h5,7,11,13,16-17,20,23,35H,3-4,6,8-10,12,14-15,18-19,21-22,24-34H2,1-2H3,(H,38,39)/b7-5-,13-11-,17-16-,23-20-. The summed E-state index contributed by atoms with van der Waals surface area (Å²) in [7, 11) is 0. The lowest BCUT2D eigenvalue weighted by Crippen LogP contribution is -2.18. The minimum absolute atomic E-state index is 0.0169. The number of unbranched alkanes of at least 4 members (excludes halogenated alkanes) is 13. The number of hydrogen-bond acceptors (Lipinski definition) is 3. The van der Waals surface area contributed by atoms with Gasteiger partial charge in [0.05, 0.1) is 0 Å². The van der Waals surface area contributed by atoms with E-state index in [9.17, 15) is 9.59 Å². The quantitative estimate of drug-likeness (QED) is 0.0528. The Hall–Kier alpha value is -2.10. The second-order valence-corrected chi connectivity index (χ2v) is 11.3. The monoisotopic (exact) mass is 572 g/mol. The molecule has 0 bridgehead atoms. The summed E-state index contributed by atoms with van der Waals surface area (Å²) >= 11 is 0. The molecule has 0 aliphatic heterocycles. The molecule has 41 heavy (non-hydrogen) atoms. The number of esters is 1. The highest BCUT2D eigenvalue weighted by Crippen LogP contribution is 2.17. The van der Waals surface area contributed by atoms with Gasteiger partial charge in [-0.05, 0) is 64.2 Å². The molecule has 0 radical (unpaired) electrons. The third-order valence-electron chi connectivity index (χ3n) is 7.32. The smallest absolute Gasteiger partial charge is 0.306 e. The van der Waals surface area contributed by atoms with Crippen LogP contribution < -0.4 is 0 Å². The maximum Gasteiger partial charge on any atom is 0.306 e. The predicted molar refractivity (Wildman–Crippen MR) is 176 cm³/mol. The van der Waals surface area contributed by atoms with Gasteiger partial charge in [0.2, 0.25) is 0 Å². The van der Waals surface area contributed by atoms with Gasteiger partial charge in [-0.2, -0.15) is 0 Å². The minimum atomic E-state index is -0.713. The Balaban J connectivity index is 4.24. The van der Waals surface area contributed by atoms with E-state index >= 15 is 0 Å². The normalized spacial score (nSPS) is 12.8. The molecule has 0 spiro atoms. The predicted octanol–water partition coefficient (Wildman–Crippen LogP) is 11.6. The van der Waals surface area contributed by atoms with Gasteiger partial charge >= 0.3 is 11.9 Å². The largest absolute Gasteiger partial charge is 0.481 e. The first kappa shape index (κ1) is 38.9. The Morgan fingerprint density at radius 1 is 0.561 bits per heavy atom. The van der Waals surface area contributed by atoms with Gasteiger partial charge < -0.3 is 9.84 Å². The summed E-state index contributed by atoms with van der Waals surface area (Å²) in [6.45, 7) is 4.41. The number of carboxylic acid groups (broad SMARTS) is 1. The molecular weight excluding hydrogens is 508 g/mol. The third-order valence-corrected chi connectivity index (χ3v) is 7.32. The molecule has 0 saturated carbocycles. The first-order chi connectivity index (χ1) is 20.1. The van der Waals surface area contributed by atoms with Gasteiger partial charge in [0, 0.05) is 12.8 Å². The lowest BCUT2D eigenvalue weighted by molar-refractivity contribution is -0.150. The van der Waals surface area contributed by atoms with E-state index in [1.165, 1.54) is 51.4 Å². The van der Waals surface area contributed by atoms with Crippen LogP contribution in [0.25, 0.3) is 0 Å². The van der Waals surface area contributed by atoms with E-state index in [0.29, 0.717) is 6.42 Å². The third kappa shape index (κ3) is 32.3. The molecule has 1 unspecified atom stereocenters. The lowest BCUT2D eigenvalue weighted by atomic mass is 10.0. The molecule has 0 aromatic heterocycles. The average Bonchev–Trinajstić information content (AvgIpc) is 2.95. The number of rotatable bonds is 30. The van der Waals surface area contributed by atoms with E-state index in [2.05, 4.69) is 62.5 Å². The van der Waals surface area contributed by atoms with E-state index in [4.69, 9.17) is 9.84 Å². The Bertz CT molecular complexity index is 704. The van der Waals surface area contributed by atoms with Crippen LogP contribution in [0.2, 0.25) is 0 Å². The van der Waals surface area contributed by atoms with Crippen molar-refractivity contribution in [2.75, 3.05) is 0 Å². The fraction of sp³-hybridized carbons (Fsp3) is 0.730. The van der Waals surface area contributed by atoms with Crippen LogP contribution in [0.1, 0.15) is 168 Å². The summed E-state index contributed by atoms with van der Waals surface area (Å²) in [6, 6.07) is 0. The van der Waals surface area contributed by atoms with Gasteiger partial charge in [-0.25, -0.2) is 0 Å². The highest BCUT2D eigenvalue weighted by molar-refractivity contribution is 5.69. The van der Waals surface area contributed by atoms with Gasteiger partial charge in [0.25, 0.3) is 0 Å². The maximum atomic E-state index is 12.5. The summed E-state index contributed by atoms with van der Waals surface area (Å²) in [6.07, 6.45) is 42.6. The Kier molecular flexibility index (Phi) is 30.8. The topological polar surface area (TPSA) is 63.6 Å². The van der Waals surface area contributed by atoms with E-state index in [-0.39, 0.29) is 18.5 Å². The summed E-state index contributed by atoms with van der Waals surface area (Å²) < 4.78 is 5.92. The molecule has 236 valence electrons. The molecular formula is C37H64O4. The van der Waals surface area contributed by atoms with Crippen LogP contribution >= 0.6 is 0 Å². The zero-order valence-corrected chi connectivity index (χ0v) is 26.8. The molecule has 1 N–H and O–H groups in total. The van der Waals surface area contributed by atoms with Crippen molar-refractivity contribution in [1.82, 2.24) is 0 Å². The molecule has 4 heteroatoms. The van der Waals surface area contributed by atoms with Crippen molar-refractivity contribution >= 4 is 11.9 Å². The zero-order valence-electron chi connectivity index (χ0n) is 26.8. The average molecular weight is 573 g/mol. The molecule has 4 nitrogen and oxygen atoms in total. The first-order valence-electron chi connectivity index (χ1n) is 17.1. The second kappa shape index (κ2) is 32.4. The summed E-state index contributed by atoms with van der Waals surface area (Å²) in [4.78, 5) is 23.2. The fourth-order valence-electron chi connectivity index (χ4n) is 4.82. The van der Waals surface area contributed by atoms with Crippen LogP contribution in [-0.4, -0.2) is 23.1 Å². The number of hydrogen-bond donors (Lipinski definition) is 1. The van der Waals surface area contributed by atoms with E-state index in [1.54, 1.807) is 0 Å². The van der Waals surface area contributed by atoms with Crippen LogP contribution in [0.5, 0.6) is 0 Å². The van der Waals surface area contributed by atoms with Crippen molar-refractivity contribution in [3.05, 3.63) is 48.6 Å². The van der Waals surface area contributed by atoms with Crippen molar-refractivity contribution in [2.24, 2.45) is 0 Å². The van der Waals surface area contributed by atoms with Gasteiger partial charge in [-0.3, -0.25) is 9.59 Å². The zero-order chi connectivity index (χ0) is 30.1. The summed E-state index contributed by atoms with van der Waals surface area (Å²) in [5, 5.41) is 8.78. The maximum absolute atomic E-state index is 12.5. The number of carbonyl (C=O) groups is 2. The van der Waals surface area contributed by atoms with E-state index in [0.717, 1.165) is 89.9 Å². The number of ether oxygens (including phenoxy) is 1. The molecule has 0 fully saturated rings. The molecule has 0 aromatic carbocycles. The van der Waals surface area contributed by atoms with Crippen LogP contribution in [-0.2, 0) is 14.3 Å². The number of allylic oxidation sites excluding steroid dienone is 8. The van der Waals surface area contributed by atoms with Crippen molar-refractivity contribution in [1.29, 1.82) is 0 Å². The molecule has 0 aliphatic rings. The van der Waals surface area contributed by atoms with Crippen LogP contribution in [0.4, 0.5) is 0 Å². The van der Waals surface area contributed by atoms with Gasteiger partial charge in [-0.15, -0.1) is 0 Å². The lowest BCUT2D eigenvalue weighted by Gasteiger charge is -2.17. The Labute approximate surface area is 253 Å². The van der Waals surface area contributed by atoms with Crippen LogP contribution in [0.3, 0.4) is 0 Å². The van der Waals surface area contributed by atoms with E-state index in [1.807, 2.05) is 0 Å². The van der Waals surface area contributed by atoms with Gasteiger partial charge in [0.1, 0.15) is 6.10 Å². The van der Waals surface area contributed by atoms with Crippen molar-refractivity contribution in [3.8, 4) is 0 Å². The van der Waals surface area contributed by atoms with Crippen molar-refractivity contribution < 1.29 is 19.4 Å². The SMILES string of the molecule is CC/C=C\C/C=C\C/C=C\C/C=C\CCC(CCCCCCCC(=O)O)OC(=O)CCCCCCCCCCCC. The number of aliphatic carboxylic acids is 1. The molecule has 0 heterocycles. The Morgan fingerprint density at radius 3 is 1.56 bits per heavy atom. The number of carboxylic acids is 1. The van der Waals surface area contributed by atoms with Gasteiger partial charge in [-0.1, -0.05) is 140 Å². The molecule has 0 aromatic rings. The van der Waals surface area contributed by atoms with Crippen molar-refractivity contribution in [3.63, 3.8) is 0 Å². The van der Waals surface area contributed by atoms with Crippen LogP contribution in [0, 0.1) is 0 Å². The highest BCUT2D eigenvalue weighted by atomic mass is 16.5. The van der Waals surface area contributed by atoms with Crippen LogP contribution in [0.15, 0.2) is 48.6 Å². The second-order valence-electron chi connectivity index (χ2n) is 11.3. The Morgan fingerprint density at radius 2 is 1.02 bits per heavy atom. The number of carbonyl (C=O) groups excluding carboxylic acids is 1. The fourth-order valence-corrected chi connectivity index (χ4v) is 4.82. The summed E-state index contributed by atoms with van der Waals surface area (Å²) in [5.74, 6) is -0.753. The van der Waals surface area contributed by atoms with Crippen molar-refractivity contribution in [2.45, 2.75) is 174 Å². The van der Waals surface area contributed by atoms with E-state index < -0.39 is 5.97 Å². The van der Waals surface area contributed by atoms with Gasteiger partial charge in [0.15, 0.2) is 0 Å². The summed E-state index contributed by atoms with van der Waals surface area (Å²) in [5.41, 5.74) is 0. The highest BCUT2D eigenvalue weighted by Gasteiger charge is 2.13. The first-order valence-corrected chi connectivity index (χ1v) is 17.1. The molecule has 0 aliphatic carbocycles. The minimum Gasteiger partial charge on any atom is -0.481 e. The molecule has 0 rings (SSSR count).